The maximum atomic E-state index is 2.49. The van der Waals surface area contributed by atoms with Crippen LogP contribution >= 0.6 is 0 Å². The second-order valence-corrected chi connectivity index (χ2v) is 21.9. The molecule has 0 atom stereocenters. The summed E-state index contributed by atoms with van der Waals surface area (Å²) in [5, 5.41) is 31.6. The predicted molar refractivity (Wildman–Crippen MR) is 322 cm³/mol. The van der Waals surface area contributed by atoms with Gasteiger partial charge in [0.1, 0.15) is 0 Å². The molecule has 17 rings (SSSR count). The van der Waals surface area contributed by atoms with Crippen LogP contribution in [0.2, 0.25) is 0 Å². The van der Waals surface area contributed by atoms with Crippen molar-refractivity contribution in [3.05, 3.63) is 282 Å². The van der Waals surface area contributed by atoms with E-state index < -0.39 is 0 Å². The second kappa shape index (κ2) is 15.1. The Hall–Kier alpha value is -9.36. The van der Waals surface area contributed by atoms with E-state index in [4.69, 9.17) is 0 Å². The summed E-state index contributed by atoms with van der Waals surface area (Å²) < 4.78 is 0. The molecule has 2 aliphatic carbocycles. The topological polar surface area (TPSA) is 0 Å². The van der Waals surface area contributed by atoms with Crippen molar-refractivity contribution in [3.63, 3.8) is 0 Å². The highest BCUT2D eigenvalue weighted by Gasteiger charge is 2.27. The van der Waals surface area contributed by atoms with Crippen LogP contribution in [-0.2, 0) is 0 Å². The minimum Gasteiger partial charge on any atom is -0.0617 e. The van der Waals surface area contributed by atoms with Crippen molar-refractivity contribution in [2.75, 3.05) is 0 Å². The Morgan fingerprint density at radius 1 is 0.197 bits per heavy atom. The molecule has 0 spiro atoms. The second-order valence-electron chi connectivity index (χ2n) is 21.9. The van der Waals surface area contributed by atoms with Crippen LogP contribution in [-0.4, -0.2) is 0 Å². The van der Waals surface area contributed by atoms with Crippen molar-refractivity contribution in [2.45, 2.75) is 27.7 Å². The Kier molecular flexibility index (Phi) is 8.37. The smallest absolute Gasteiger partial charge is 0.000720 e. The van der Waals surface area contributed by atoms with E-state index in [1.165, 1.54) is 195 Å². The Bertz CT molecular complexity index is 5210. The van der Waals surface area contributed by atoms with Crippen LogP contribution in [0, 0.1) is 69.4 Å². The van der Waals surface area contributed by atoms with Gasteiger partial charge in [-0.25, -0.2) is 0 Å². The van der Waals surface area contributed by atoms with Gasteiger partial charge in [0.15, 0.2) is 0 Å². The molecule has 15 aromatic rings. The van der Waals surface area contributed by atoms with Gasteiger partial charge in [-0.15, -0.1) is 0 Å². The van der Waals surface area contributed by atoms with Gasteiger partial charge in [-0.2, -0.15) is 0 Å². The fourth-order valence-corrected chi connectivity index (χ4v) is 14.9. The van der Waals surface area contributed by atoms with Crippen molar-refractivity contribution >= 4 is 86.2 Å². The molecule has 2 aliphatic rings. The summed E-state index contributed by atoms with van der Waals surface area (Å²) in [7, 11) is 0. The van der Waals surface area contributed by atoms with Crippen LogP contribution < -0.4 is 0 Å². The van der Waals surface area contributed by atoms with Crippen molar-refractivity contribution in [3.8, 4) is 44.5 Å². The molecular weight excluding hydrogens is 913 g/mol. The van der Waals surface area contributed by atoms with E-state index in [2.05, 4.69) is 246 Å². The van der Waals surface area contributed by atoms with Crippen molar-refractivity contribution in [1.29, 1.82) is 0 Å². The van der Waals surface area contributed by atoms with Crippen LogP contribution in [0.1, 0.15) is 22.3 Å². The third-order valence-corrected chi connectivity index (χ3v) is 17.9. The summed E-state index contributed by atoms with van der Waals surface area (Å²) in [6.07, 6.45) is 0. The first-order valence-corrected chi connectivity index (χ1v) is 26.9. The first kappa shape index (κ1) is 42.0. The lowest BCUT2D eigenvalue weighted by atomic mass is 9.85. The van der Waals surface area contributed by atoms with Crippen molar-refractivity contribution in [1.82, 2.24) is 0 Å². The largest absolute Gasteiger partial charge is 0.0617 e. The number of benzene rings is 15. The molecule has 352 valence electrons. The third-order valence-electron chi connectivity index (χ3n) is 17.9. The van der Waals surface area contributed by atoms with Gasteiger partial charge < -0.3 is 0 Å². The summed E-state index contributed by atoms with van der Waals surface area (Å²) in [6, 6.07) is 83.6. The van der Waals surface area contributed by atoms with Gasteiger partial charge >= 0.3 is 0 Å². The van der Waals surface area contributed by atoms with E-state index in [9.17, 15) is 0 Å². The lowest BCUT2D eigenvalue weighted by molar-refractivity contribution is 1.37. The normalized spacial score (nSPS) is 12.5. The highest BCUT2D eigenvalue weighted by molar-refractivity contribution is 6.33. The number of fused-ring (bicyclic) bond motifs is 8. The molecule has 0 saturated heterocycles. The van der Waals surface area contributed by atoms with E-state index in [1.807, 2.05) is 0 Å². The molecule has 0 bridgehead atoms. The van der Waals surface area contributed by atoms with Gasteiger partial charge in [-0.05, 0) is 235 Å². The molecule has 0 nitrogen and oxygen atoms in total. The van der Waals surface area contributed by atoms with Crippen LogP contribution in [0.3, 0.4) is 0 Å². The molecule has 76 heavy (non-hydrogen) atoms. The maximum Gasteiger partial charge on any atom is -0.000720 e. The average Bonchev–Trinajstić information content (AvgIpc) is 4.16. The molecule has 0 aromatic heterocycles. The summed E-state index contributed by atoms with van der Waals surface area (Å²) in [5.74, 6) is 0. The summed E-state index contributed by atoms with van der Waals surface area (Å²) in [5.41, 5.74) is 15.7. The van der Waals surface area contributed by atoms with Gasteiger partial charge in [0, 0.05) is 0 Å². The van der Waals surface area contributed by atoms with Crippen LogP contribution in [0.5, 0.6) is 0 Å². The molecule has 0 heterocycles. The zero-order valence-electron chi connectivity index (χ0n) is 42.8. The summed E-state index contributed by atoms with van der Waals surface area (Å²) in [6.45, 7) is 9.17. The zero-order chi connectivity index (χ0) is 50.2. The minimum absolute atomic E-state index is 1.25. The van der Waals surface area contributed by atoms with Crippen molar-refractivity contribution < 1.29 is 0 Å². The molecule has 0 unspecified atom stereocenters. The molecule has 0 amide bonds. The molecule has 0 aliphatic heterocycles. The zero-order valence-corrected chi connectivity index (χ0v) is 42.8. The van der Waals surface area contributed by atoms with Gasteiger partial charge in [0.25, 0.3) is 0 Å². The van der Waals surface area contributed by atoms with Gasteiger partial charge in [0.2, 0.25) is 0 Å². The van der Waals surface area contributed by atoms with E-state index in [-0.39, 0.29) is 0 Å². The molecule has 0 saturated carbocycles. The summed E-state index contributed by atoms with van der Waals surface area (Å²) >= 11 is 0. The fourth-order valence-electron chi connectivity index (χ4n) is 14.9. The first-order valence-electron chi connectivity index (χ1n) is 26.9. The Labute approximate surface area is 438 Å². The van der Waals surface area contributed by atoms with Crippen LogP contribution in [0.15, 0.2) is 218 Å². The fraction of sp³-hybridized carbons (Fsp3) is 0.0526. The van der Waals surface area contributed by atoms with Gasteiger partial charge in [0.05, 0.1) is 0 Å². The highest BCUT2D eigenvalue weighted by Crippen LogP contribution is 2.50. The van der Waals surface area contributed by atoms with E-state index in [0.717, 1.165) is 0 Å². The van der Waals surface area contributed by atoms with Gasteiger partial charge in [-0.1, -0.05) is 206 Å². The van der Waals surface area contributed by atoms with E-state index >= 15 is 0 Å². The maximum absolute atomic E-state index is 2.49. The predicted octanol–water partition coefficient (Wildman–Crippen LogP) is 20.0. The summed E-state index contributed by atoms with van der Waals surface area (Å²) in [4.78, 5) is 0. The lowest BCUT2D eigenvalue weighted by Gasteiger charge is -2.18. The standard InChI is InChI=1S/C76H48/c1-41-15-13-16-42(2)63(41)71-53-25-11-9-23-51(53)65(49-29-27-45-19-5-7-21-47(45)39-49)73-59-35-31-55-58-34-38-62-70-60(36-32-56(68(58)70)57-33-37-61(75(71)73)69(59)67(55)57)74-66(50-30-28-46-20-6-8-22-48(46)40-50)52-24-10-12-26-54(52)72(76(62)74)64-43(3)17-14-18-44(64)4/h5-40H,1-4H3. The molecule has 0 radical (unpaired) electrons. The number of hydrogen-bond donors (Lipinski definition) is 0. The van der Waals surface area contributed by atoms with Gasteiger partial charge in [-0.3, -0.25) is 0 Å². The molecule has 0 fully saturated rings. The molecule has 15 aromatic carbocycles. The Balaban J connectivity index is 1.08. The number of hydrogen-bond acceptors (Lipinski definition) is 0. The third kappa shape index (κ3) is 5.38. The van der Waals surface area contributed by atoms with Crippen molar-refractivity contribution in [2.24, 2.45) is 0 Å². The van der Waals surface area contributed by atoms with Crippen LogP contribution in [0.4, 0.5) is 0 Å². The quantitative estimate of drug-likeness (QED) is 0.122. The van der Waals surface area contributed by atoms with E-state index in [1.54, 1.807) is 0 Å². The Morgan fingerprint density at radius 3 is 0.855 bits per heavy atom. The molecular formula is C76H48. The first-order chi connectivity index (χ1) is 37.4. The monoisotopic (exact) mass is 960 g/mol. The van der Waals surface area contributed by atoms with E-state index in [0.29, 0.717) is 0 Å². The molecule has 0 N–H and O–H groups in total. The number of rotatable bonds is 4. The highest BCUT2D eigenvalue weighted by atomic mass is 14.3. The minimum atomic E-state index is 1.25. The lowest BCUT2D eigenvalue weighted by Crippen LogP contribution is -1.95. The molecule has 0 heteroatoms. The SMILES string of the molecule is Cc1cccc(C)c1-c1c2c(c(-c3ccc4ccccc4c3)c3ccccc13)=c1ccc3c4ccc5c6c(ccc(c7ccc=2c1c37)c64)=c1c(-c2ccc3ccccc3c2)c2ccccc2c(-c2c(C)cccc2C)c1=5. The number of aryl methyl sites for hydroxylation is 4. The average molecular weight is 961 g/mol. The Morgan fingerprint density at radius 2 is 0.500 bits per heavy atom. The van der Waals surface area contributed by atoms with Crippen LogP contribution in [0.25, 0.3) is 131 Å².